The monoisotopic (exact) mass is 908 g/mol. The van der Waals surface area contributed by atoms with Gasteiger partial charge >= 0.3 is 0 Å². The van der Waals surface area contributed by atoms with Gasteiger partial charge in [-0.1, -0.05) is 99.9 Å². The molecule has 10 aromatic rings. The number of hydrogen-bond donors (Lipinski definition) is 0. The molecule has 0 saturated heterocycles. The Bertz CT molecular complexity index is 2910. The molecule has 55 heavy (non-hydrogen) atoms. The van der Waals surface area contributed by atoms with Crippen molar-refractivity contribution in [3.8, 4) is 22.5 Å². The number of aromatic nitrogens is 3. The van der Waals surface area contributed by atoms with E-state index in [9.17, 15) is 0 Å². The Morgan fingerprint density at radius 2 is 1.51 bits per heavy atom. The summed E-state index contributed by atoms with van der Waals surface area (Å²) in [5.74, 6) is 0.822. The molecule has 5 heterocycles. The SMILES string of the molecule is CC(C)(C)c1ccc2sc3c(cc4c5cc(-c6cc(CC7CCCC7)ccn6)[c-]cc5n5c6ccccc6c3c45)c2c1.[Ir].[c-]1ccccc1-c1ccccn1. The van der Waals surface area contributed by atoms with Gasteiger partial charge in [-0.3, -0.25) is 0 Å². The van der Waals surface area contributed by atoms with Crippen LogP contribution >= 0.6 is 11.3 Å². The Kier molecular flexibility index (Phi) is 9.29. The number of benzene rings is 5. The summed E-state index contributed by atoms with van der Waals surface area (Å²) in [4.78, 5) is 9.04. The summed E-state index contributed by atoms with van der Waals surface area (Å²) in [5.41, 5.74) is 10.8. The first-order valence-corrected chi connectivity index (χ1v) is 20.1. The van der Waals surface area contributed by atoms with Crippen LogP contribution in [0.2, 0.25) is 0 Å². The molecule has 0 unspecified atom stereocenters. The van der Waals surface area contributed by atoms with Crippen molar-refractivity contribution in [2.24, 2.45) is 5.92 Å². The molecule has 1 aliphatic rings. The van der Waals surface area contributed by atoms with Gasteiger partial charge in [0.25, 0.3) is 0 Å². The van der Waals surface area contributed by atoms with Crippen molar-refractivity contribution in [3.05, 3.63) is 151 Å². The van der Waals surface area contributed by atoms with Crippen molar-refractivity contribution in [1.29, 1.82) is 0 Å². The molecule has 11 rings (SSSR count). The van der Waals surface area contributed by atoms with Crippen molar-refractivity contribution in [1.82, 2.24) is 14.4 Å². The molecule has 1 saturated carbocycles. The van der Waals surface area contributed by atoms with Crippen molar-refractivity contribution in [3.63, 3.8) is 0 Å². The van der Waals surface area contributed by atoms with Gasteiger partial charge in [0.2, 0.25) is 0 Å². The number of para-hydroxylation sites is 1. The van der Waals surface area contributed by atoms with E-state index in [0.29, 0.717) is 0 Å². The van der Waals surface area contributed by atoms with Crippen LogP contribution in [-0.2, 0) is 31.9 Å². The molecule has 0 atom stereocenters. The Morgan fingerprint density at radius 1 is 0.691 bits per heavy atom. The van der Waals surface area contributed by atoms with Crippen molar-refractivity contribution >= 4 is 69.6 Å². The molecular weight excluding hydrogens is 867 g/mol. The number of hydrogen-bond acceptors (Lipinski definition) is 3. The first-order chi connectivity index (χ1) is 26.4. The number of rotatable bonds is 4. The summed E-state index contributed by atoms with van der Waals surface area (Å²) < 4.78 is 5.23. The van der Waals surface area contributed by atoms with Crippen LogP contribution in [0, 0.1) is 18.1 Å². The summed E-state index contributed by atoms with van der Waals surface area (Å²) >= 11 is 1.94. The maximum Gasteiger partial charge on any atom is 0.0531 e. The number of fused-ring (bicyclic) bond motifs is 10. The van der Waals surface area contributed by atoms with E-state index in [1.54, 1.807) is 6.20 Å². The molecule has 1 radical (unpaired) electrons. The fraction of sp³-hybridized carbons (Fsp3) is 0.200. The zero-order valence-corrected chi connectivity index (χ0v) is 34.5. The van der Waals surface area contributed by atoms with Crippen LogP contribution in [0.5, 0.6) is 0 Å². The number of nitrogens with zero attached hydrogens (tertiary/aromatic N) is 3. The Hall–Kier alpha value is -4.93. The first kappa shape index (κ1) is 35.8. The maximum absolute atomic E-state index is 4.82. The van der Waals surface area contributed by atoms with Crippen LogP contribution in [0.3, 0.4) is 0 Å². The molecular formula is C50H41IrN3S-2. The zero-order valence-electron chi connectivity index (χ0n) is 31.3. The molecule has 0 amide bonds. The average molecular weight is 908 g/mol. The van der Waals surface area contributed by atoms with Gasteiger partial charge < -0.3 is 14.4 Å². The predicted molar refractivity (Wildman–Crippen MR) is 229 cm³/mol. The summed E-state index contributed by atoms with van der Waals surface area (Å²) in [6, 6.07) is 48.0. The smallest absolute Gasteiger partial charge is 0.0531 e. The summed E-state index contributed by atoms with van der Waals surface area (Å²) in [7, 11) is 0. The summed E-state index contributed by atoms with van der Waals surface area (Å²) in [6.07, 6.45) is 10.4. The topological polar surface area (TPSA) is 30.2 Å². The van der Waals surface area contributed by atoms with Gasteiger partial charge in [0, 0.05) is 69.0 Å². The van der Waals surface area contributed by atoms with Crippen LogP contribution in [0.1, 0.15) is 57.6 Å². The zero-order chi connectivity index (χ0) is 36.4. The third-order valence-corrected chi connectivity index (χ3v) is 12.7. The van der Waals surface area contributed by atoms with Gasteiger partial charge in [-0.05, 0) is 82.0 Å². The quantitative estimate of drug-likeness (QED) is 0.165. The average Bonchev–Trinajstić information content (AvgIpc) is 4.00. The van der Waals surface area contributed by atoms with E-state index >= 15 is 0 Å². The molecule has 5 aromatic carbocycles. The van der Waals surface area contributed by atoms with Gasteiger partial charge in [0.05, 0.1) is 5.52 Å². The van der Waals surface area contributed by atoms with E-state index < -0.39 is 0 Å². The molecule has 0 spiro atoms. The van der Waals surface area contributed by atoms with E-state index in [1.165, 1.54) is 95.1 Å². The van der Waals surface area contributed by atoms with Gasteiger partial charge in [-0.2, -0.15) is 0 Å². The second kappa shape index (κ2) is 14.3. The van der Waals surface area contributed by atoms with Crippen LogP contribution in [0.25, 0.3) is 80.8 Å². The molecule has 1 aliphatic carbocycles. The van der Waals surface area contributed by atoms with Gasteiger partial charge in [-0.25, -0.2) is 0 Å². The van der Waals surface area contributed by atoms with Gasteiger partial charge in [0.1, 0.15) is 0 Å². The largest absolute Gasteiger partial charge is 0.350 e. The normalized spacial score (nSPS) is 13.7. The Labute approximate surface area is 339 Å². The van der Waals surface area contributed by atoms with E-state index in [2.05, 4.69) is 115 Å². The summed E-state index contributed by atoms with van der Waals surface area (Å²) in [6.45, 7) is 6.91. The molecule has 0 aliphatic heterocycles. The van der Waals surface area contributed by atoms with E-state index in [4.69, 9.17) is 4.98 Å². The minimum absolute atomic E-state index is 0. The Balaban J connectivity index is 0.000000261. The first-order valence-electron chi connectivity index (χ1n) is 19.2. The molecule has 5 heteroatoms. The second-order valence-corrected chi connectivity index (χ2v) is 17.0. The second-order valence-electron chi connectivity index (χ2n) is 16.0. The van der Waals surface area contributed by atoms with Gasteiger partial charge in [0.15, 0.2) is 0 Å². The third-order valence-electron chi connectivity index (χ3n) is 11.4. The molecule has 273 valence electrons. The molecule has 1 fully saturated rings. The van der Waals surface area contributed by atoms with E-state index in [0.717, 1.165) is 34.9 Å². The van der Waals surface area contributed by atoms with Crippen LogP contribution in [0.4, 0.5) is 0 Å². The maximum atomic E-state index is 4.82. The third kappa shape index (κ3) is 6.33. The Morgan fingerprint density at radius 3 is 2.31 bits per heavy atom. The van der Waals surface area contributed by atoms with E-state index in [-0.39, 0.29) is 25.5 Å². The molecule has 0 bridgehead atoms. The minimum atomic E-state index is 0. The fourth-order valence-corrected chi connectivity index (χ4v) is 9.93. The molecule has 3 nitrogen and oxygen atoms in total. The van der Waals surface area contributed by atoms with Crippen LogP contribution in [-0.4, -0.2) is 14.4 Å². The van der Waals surface area contributed by atoms with Crippen molar-refractivity contribution in [2.45, 2.75) is 58.3 Å². The molecule has 0 N–H and O–H groups in total. The van der Waals surface area contributed by atoms with E-state index in [1.807, 2.05) is 60.0 Å². The van der Waals surface area contributed by atoms with Gasteiger partial charge in [-0.15, -0.1) is 71.0 Å². The fourth-order valence-electron chi connectivity index (χ4n) is 8.71. The van der Waals surface area contributed by atoms with Crippen LogP contribution < -0.4 is 0 Å². The van der Waals surface area contributed by atoms with Crippen molar-refractivity contribution < 1.29 is 20.1 Å². The van der Waals surface area contributed by atoms with Crippen LogP contribution in [0.15, 0.2) is 128 Å². The number of thiophene rings is 1. The standard InChI is InChI=1S/C39H33N2S.C11H8N.Ir/c1-39(2,3)26-13-15-35-29(21-26)31-22-30-28-20-25(32-19-24(16-17-40-32)18-23-8-4-5-9-23)12-14-34(28)41-33-11-7-6-10-27(33)36(37(30)41)38(31)42-35;1-2-6-10(7-3-1)11-8-4-5-9-12-11;/h6-7,10-11,13-17,19-23H,4-5,8-9,18H2,1-3H3;1-6,8-9H;/q2*-1;. The minimum Gasteiger partial charge on any atom is -0.350 e. The van der Waals surface area contributed by atoms with Crippen molar-refractivity contribution in [2.75, 3.05) is 0 Å². The molecule has 5 aromatic heterocycles. The predicted octanol–water partition coefficient (Wildman–Crippen LogP) is 13.6. The number of pyridine rings is 2. The summed E-state index contributed by atoms with van der Waals surface area (Å²) in [5, 5.41) is 8.05.